The summed E-state index contributed by atoms with van der Waals surface area (Å²) in [7, 11) is 1.72. The van der Waals surface area contributed by atoms with Gasteiger partial charge in [-0.1, -0.05) is 12.1 Å². The van der Waals surface area contributed by atoms with Crippen molar-refractivity contribution in [2.75, 3.05) is 26.9 Å². The van der Waals surface area contributed by atoms with Gasteiger partial charge in [-0.05, 0) is 37.1 Å². The van der Waals surface area contributed by atoms with Gasteiger partial charge in [0.2, 0.25) is 0 Å². The number of nitriles is 1. The first-order chi connectivity index (χ1) is 8.86. The number of nitrogens with one attached hydrogen (secondary N) is 1. The van der Waals surface area contributed by atoms with Gasteiger partial charge in [0.25, 0.3) is 0 Å². The quantitative estimate of drug-likeness (QED) is 0.680. The highest BCUT2D eigenvalue weighted by atomic mass is 16.5. The Kier molecular flexibility index (Phi) is 7.61. The van der Waals surface area contributed by atoms with Gasteiger partial charge in [0.15, 0.2) is 6.61 Å². The Bertz CT molecular complexity index is 374. The lowest BCUT2D eigenvalue weighted by atomic mass is 10.2. The molecule has 0 radical (unpaired) electrons. The van der Waals surface area contributed by atoms with Crippen LogP contribution in [0.25, 0.3) is 0 Å². The van der Waals surface area contributed by atoms with Gasteiger partial charge in [0.05, 0.1) is 0 Å². The maximum absolute atomic E-state index is 8.44. The smallest absolute Gasteiger partial charge is 0.174 e. The third-order valence-electron chi connectivity index (χ3n) is 2.48. The number of benzene rings is 1. The van der Waals surface area contributed by atoms with Crippen molar-refractivity contribution in [1.82, 2.24) is 5.32 Å². The van der Waals surface area contributed by atoms with Crippen LogP contribution in [0.3, 0.4) is 0 Å². The van der Waals surface area contributed by atoms with E-state index in [0.29, 0.717) is 0 Å². The van der Waals surface area contributed by atoms with E-state index in [1.165, 1.54) is 0 Å². The number of nitrogens with zero attached hydrogens (tertiary/aromatic N) is 1. The Balaban J connectivity index is 2.23. The summed E-state index contributed by atoms with van der Waals surface area (Å²) < 4.78 is 10.2. The lowest BCUT2D eigenvalue weighted by Gasteiger charge is -2.07. The normalized spacial score (nSPS) is 10.0. The van der Waals surface area contributed by atoms with Crippen molar-refractivity contribution in [3.05, 3.63) is 29.8 Å². The standard InChI is InChI=1S/C14H20N2O2/c1-17-9-3-2-8-16-12-13-5-4-6-14(11-13)18-10-7-15/h4-6,11,16H,2-3,8-10,12H2,1H3. The SMILES string of the molecule is COCCCCNCc1cccc(OCC#N)c1. The molecule has 4 heteroatoms. The molecule has 0 unspecified atom stereocenters. The fourth-order valence-corrected chi connectivity index (χ4v) is 1.59. The van der Waals surface area contributed by atoms with E-state index in [4.69, 9.17) is 14.7 Å². The Morgan fingerprint density at radius 3 is 3.00 bits per heavy atom. The summed E-state index contributed by atoms with van der Waals surface area (Å²) in [5, 5.41) is 11.8. The van der Waals surface area contributed by atoms with Crippen LogP contribution in [0.5, 0.6) is 5.75 Å². The van der Waals surface area contributed by atoms with Crippen molar-refractivity contribution in [2.24, 2.45) is 0 Å². The predicted octanol–water partition coefficient (Wildman–Crippen LogP) is 2.11. The second-order valence-corrected chi connectivity index (χ2v) is 3.97. The first-order valence-electron chi connectivity index (χ1n) is 6.15. The second-order valence-electron chi connectivity index (χ2n) is 3.97. The van der Waals surface area contributed by atoms with Crippen LogP contribution < -0.4 is 10.1 Å². The Morgan fingerprint density at radius 2 is 2.22 bits per heavy atom. The van der Waals surface area contributed by atoms with Crippen molar-refractivity contribution in [3.8, 4) is 11.8 Å². The third kappa shape index (κ3) is 6.24. The van der Waals surface area contributed by atoms with E-state index in [9.17, 15) is 0 Å². The molecule has 0 heterocycles. The average molecular weight is 248 g/mol. The molecule has 0 aliphatic carbocycles. The molecule has 0 bridgehead atoms. The minimum Gasteiger partial charge on any atom is -0.479 e. The van der Waals surface area contributed by atoms with Crippen LogP contribution in [0.4, 0.5) is 0 Å². The summed E-state index contributed by atoms with van der Waals surface area (Å²) >= 11 is 0. The fraction of sp³-hybridized carbons (Fsp3) is 0.500. The number of hydrogen-bond acceptors (Lipinski definition) is 4. The molecule has 0 saturated heterocycles. The summed E-state index contributed by atoms with van der Waals surface area (Å²) in [4.78, 5) is 0. The molecule has 98 valence electrons. The van der Waals surface area contributed by atoms with E-state index in [1.807, 2.05) is 30.3 Å². The van der Waals surface area contributed by atoms with Gasteiger partial charge in [0.1, 0.15) is 11.8 Å². The maximum atomic E-state index is 8.44. The van der Waals surface area contributed by atoms with Crippen LogP contribution in [0, 0.1) is 11.3 Å². The van der Waals surface area contributed by atoms with Gasteiger partial charge >= 0.3 is 0 Å². The largest absolute Gasteiger partial charge is 0.479 e. The third-order valence-corrected chi connectivity index (χ3v) is 2.48. The van der Waals surface area contributed by atoms with Crippen LogP contribution >= 0.6 is 0 Å². The van der Waals surface area contributed by atoms with E-state index in [0.717, 1.165) is 43.9 Å². The molecule has 0 fully saturated rings. The molecule has 0 saturated carbocycles. The molecule has 0 amide bonds. The number of ether oxygens (including phenoxy) is 2. The van der Waals surface area contributed by atoms with E-state index in [-0.39, 0.29) is 6.61 Å². The Morgan fingerprint density at radius 1 is 1.33 bits per heavy atom. The van der Waals surface area contributed by atoms with Crippen molar-refractivity contribution < 1.29 is 9.47 Å². The Labute approximate surface area is 109 Å². The molecular weight excluding hydrogens is 228 g/mol. The molecule has 0 aromatic heterocycles. The highest BCUT2D eigenvalue weighted by Gasteiger charge is 1.96. The highest BCUT2D eigenvalue weighted by Crippen LogP contribution is 2.12. The van der Waals surface area contributed by atoms with E-state index in [2.05, 4.69) is 5.32 Å². The monoisotopic (exact) mass is 248 g/mol. The molecule has 0 aliphatic rings. The summed E-state index contributed by atoms with van der Waals surface area (Å²) in [6, 6.07) is 9.76. The molecule has 1 rings (SSSR count). The summed E-state index contributed by atoms with van der Waals surface area (Å²) in [5.41, 5.74) is 1.16. The van der Waals surface area contributed by atoms with Gasteiger partial charge in [-0.15, -0.1) is 0 Å². The molecule has 1 N–H and O–H groups in total. The van der Waals surface area contributed by atoms with Crippen LogP contribution in [-0.2, 0) is 11.3 Å². The number of hydrogen-bond donors (Lipinski definition) is 1. The number of methoxy groups -OCH3 is 1. The van der Waals surface area contributed by atoms with E-state index >= 15 is 0 Å². The summed E-state index contributed by atoms with van der Waals surface area (Å²) in [5.74, 6) is 0.746. The minimum absolute atomic E-state index is 0.0912. The van der Waals surface area contributed by atoms with Crippen molar-refractivity contribution in [3.63, 3.8) is 0 Å². The average Bonchev–Trinajstić information content (AvgIpc) is 2.41. The summed E-state index contributed by atoms with van der Waals surface area (Å²) in [6.07, 6.45) is 2.19. The predicted molar refractivity (Wildman–Crippen MR) is 70.4 cm³/mol. The lowest BCUT2D eigenvalue weighted by Crippen LogP contribution is -2.15. The first kappa shape index (κ1) is 14.5. The zero-order valence-corrected chi connectivity index (χ0v) is 10.8. The highest BCUT2D eigenvalue weighted by molar-refractivity contribution is 5.28. The number of rotatable bonds is 9. The zero-order valence-electron chi connectivity index (χ0n) is 10.8. The van der Waals surface area contributed by atoms with Crippen LogP contribution in [-0.4, -0.2) is 26.9 Å². The van der Waals surface area contributed by atoms with Gasteiger partial charge in [-0.25, -0.2) is 0 Å². The van der Waals surface area contributed by atoms with E-state index < -0.39 is 0 Å². The maximum Gasteiger partial charge on any atom is 0.174 e. The molecule has 0 spiro atoms. The fourth-order valence-electron chi connectivity index (χ4n) is 1.59. The van der Waals surface area contributed by atoms with Gasteiger partial charge in [-0.3, -0.25) is 0 Å². The molecule has 0 atom stereocenters. The van der Waals surface area contributed by atoms with E-state index in [1.54, 1.807) is 7.11 Å². The van der Waals surface area contributed by atoms with Crippen LogP contribution in [0.1, 0.15) is 18.4 Å². The summed E-state index contributed by atoms with van der Waals surface area (Å²) in [6.45, 7) is 2.70. The minimum atomic E-state index is 0.0912. The molecule has 0 aliphatic heterocycles. The van der Waals surface area contributed by atoms with Crippen molar-refractivity contribution in [2.45, 2.75) is 19.4 Å². The first-order valence-corrected chi connectivity index (χ1v) is 6.15. The van der Waals surface area contributed by atoms with Crippen molar-refractivity contribution >= 4 is 0 Å². The molecular formula is C14H20N2O2. The molecule has 1 aromatic carbocycles. The number of unbranched alkanes of at least 4 members (excludes halogenated alkanes) is 1. The van der Waals surface area contributed by atoms with Crippen molar-refractivity contribution in [1.29, 1.82) is 5.26 Å². The van der Waals surface area contributed by atoms with Gasteiger partial charge < -0.3 is 14.8 Å². The zero-order chi connectivity index (χ0) is 13.1. The van der Waals surface area contributed by atoms with Gasteiger partial charge in [-0.2, -0.15) is 5.26 Å². The lowest BCUT2D eigenvalue weighted by molar-refractivity contribution is 0.192. The second kappa shape index (κ2) is 9.46. The van der Waals surface area contributed by atoms with Gasteiger partial charge in [0, 0.05) is 20.3 Å². The molecule has 4 nitrogen and oxygen atoms in total. The molecule has 1 aromatic rings. The molecule has 18 heavy (non-hydrogen) atoms. The Hall–Kier alpha value is -1.57. The topological polar surface area (TPSA) is 54.3 Å². The van der Waals surface area contributed by atoms with Crippen LogP contribution in [0.2, 0.25) is 0 Å². The van der Waals surface area contributed by atoms with Crippen LogP contribution in [0.15, 0.2) is 24.3 Å².